The van der Waals surface area contributed by atoms with Crippen molar-refractivity contribution in [3.8, 4) is 0 Å². The van der Waals surface area contributed by atoms with Crippen molar-refractivity contribution < 1.29 is 23.9 Å². The fraction of sp³-hybridized carbons (Fsp3) is 0.640. The summed E-state index contributed by atoms with van der Waals surface area (Å²) in [6.07, 6.45) is 4.30. The second-order valence-corrected chi connectivity index (χ2v) is 10.1. The van der Waals surface area contributed by atoms with Gasteiger partial charge in [0.1, 0.15) is 5.60 Å². The molecule has 3 rings (SSSR count). The number of ether oxygens (including phenoxy) is 2. The summed E-state index contributed by atoms with van der Waals surface area (Å²) in [6, 6.07) is 7.51. The monoisotopic (exact) mass is 459 g/mol. The summed E-state index contributed by atoms with van der Waals surface area (Å²) in [4.78, 5) is 39.8. The summed E-state index contributed by atoms with van der Waals surface area (Å²) in [6.45, 7) is 6.95. The van der Waals surface area contributed by atoms with Crippen molar-refractivity contribution in [3.63, 3.8) is 0 Å². The number of benzene rings is 1. The number of rotatable bonds is 4. The Morgan fingerprint density at radius 3 is 2.03 bits per heavy atom. The van der Waals surface area contributed by atoms with Gasteiger partial charge in [-0.2, -0.15) is 0 Å². The molecular formula is C25H37N3O5. The number of esters is 1. The lowest BCUT2D eigenvalue weighted by atomic mass is 9.85. The van der Waals surface area contributed by atoms with Crippen molar-refractivity contribution in [3.05, 3.63) is 29.8 Å². The highest BCUT2D eigenvalue weighted by Gasteiger charge is 2.32. The molecule has 0 bridgehead atoms. The summed E-state index contributed by atoms with van der Waals surface area (Å²) in [7, 11) is 1.41. The van der Waals surface area contributed by atoms with Crippen molar-refractivity contribution in [1.82, 2.24) is 4.90 Å². The average molecular weight is 460 g/mol. The standard InChI is InChI=1S/C25H37N3O5/c1-25(2,3)33-24(31)27-15-13-18(14-16-27)17-5-9-20(10-6-17)28(23(26)30)21-11-7-19(8-12-21)22(29)32-4/h5-6,9-10,18-19,21H,7-8,11-16H2,1-4H3,(H2,26,30)/t19-,21-. The van der Waals surface area contributed by atoms with Gasteiger partial charge in [0.05, 0.1) is 13.0 Å². The molecule has 0 aromatic heterocycles. The molecule has 3 amide bonds. The molecular weight excluding hydrogens is 422 g/mol. The van der Waals surface area contributed by atoms with E-state index < -0.39 is 11.6 Å². The number of piperidine rings is 1. The van der Waals surface area contributed by atoms with Gasteiger partial charge in [0.2, 0.25) is 0 Å². The summed E-state index contributed by atoms with van der Waals surface area (Å²) < 4.78 is 10.3. The first kappa shape index (κ1) is 24.9. The van der Waals surface area contributed by atoms with Gasteiger partial charge in [0.15, 0.2) is 0 Å². The lowest BCUT2D eigenvalue weighted by Gasteiger charge is -2.36. The summed E-state index contributed by atoms with van der Waals surface area (Å²) in [5, 5.41) is 0. The zero-order valence-electron chi connectivity index (χ0n) is 20.2. The topological polar surface area (TPSA) is 102 Å². The molecule has 182 valence electrons. The van der Waals surface area contributed by atoms with E-state index in [0.717, 1.165) is 18.5 Å². The number of nitrogens with two attached hydrogens (primary N) is 1. The van der Waals surface area contributed by atoms with Crippen molar-refractivity contribution >= 4 is 23.8 Å². The molecule has 1 aromatic carbocycles. The zero-order chi connectivity index (χ0) is 24.2. The molecule has 33 heavy (non-hydrogen) atoms. The Bertz CT molecular complexity index is 833. The first-order chi connectivity index (χ1) is 15.6. The van der Waals surface area contributed by atoms with Crippen LogP contribution in [0.15, 0.2) is 24.3 Å². The van der Waals surface area contributed by atoms with Crippen LogP contribution in [0.2, 0.25) is 0 Å². The van der Waals surface area contributed by atoms with Gasteiger partial charge in [0.25, 0.3) is 0 Å². The predicted octanol–water partition coefficient (Wildman–Crippen LogP) is 4.42. The smallest absolute Gasteiger partial charge is 0.410 e. The molecule has 1 saturated heterocycles. The largest absolute Gasteiger partial charge is 0.469 e. The lowest BCUT2D eigenvalue weighted by molar-refractivity contribution is -0.146. The number of primary amides is 1. The molecule has 1 heterocycles. The fourth-order valence-electron chi connectivity index (χ4n) is 4.88. The minimum Gasteiger partial charge on any atom is -0.469 e. The SMILES string of the molecule is COC(=O)[C@H]1CC[C@H](N(C(N)=O)c2ccc(C3CCN(C(=O)OC(C)(C)C)CC3)cc2)CC1. The van der Waals surface area contributed by atoms with E-state index in [-0.39, 0.29) is 24.0 Å². The Morgan fingerprint density at radius 1 is 0.970 bits per heavy atom. The number of amides is 3. The highest BCUT2D eigenvalue weighted by Crippen LogP contribution is 2.33. The Hall–Kier alpha value is -2.77. The third-order valence-corrected chi connectivity index (χ3v) is 6.62. The van der Waals surface area contributed by atoms with Crippen LogP contribution in [0.1, 0.15) is 70.8 Å². The molecule has 1 aliphatic carbocycles. The van der Waals surface area contributed by atoms with Crippen molar-refractivity contribution in [2.45, 2.75) is 76.9 Å². The molecule has 0 unspecified atom stereocenters. The van der Waals surface area contributed by atoms with Crippen LogP contribution in [-0.2, 0) is 14.3 Å². The quantitative estimate of drug-likeness (QED) is 0.672. The number of methoxy groups -OCH3 is 1. The van der Waals surface area contributed by atoms with Crippen LogP contribution in [0.5, 0.6) is 0 Å². The van der Waals surface area contributed by atoms with Crippen LogP contribution in [0, 0.1) is 5.92 Å². The molecule has 1 aromatic rings. The predicted molar refractivity (Wildman–Crippen MR) is 126 cm³/mol. The number of anilines is 1. The average Bonchev–Trinajstić information content (AvgIpc) is 2.78. The Labute approximate surface area is 196 Å². The van der Waals surface area contributed by atoms with E-state index in [9.17, 15) is 14.4 Å². The van der Waals surface area contributed by atoms with Crippen LogP contribution >= 0.6 is 0 Å². The minimum atomic E-state index is -0.491. The van der Waals surface area contributed by atoms with E-state index in [4.69, 9.17) is 15.2 Å². The summed E-state index contributed by atoms with van der Waals surface area (Å²) >= 11 is 0. The van der Waals surface area contributed by atoms with Gasteiger partial charge in [0, 0.05) is 24.8 Å². The first-order valence-corrected chi connectivity index (χ1v) is 11.8. The molecule has 2 fully saturated rings. The Balaban J connectivity index is 1.59. The minimum absolute atomic E-state index is 0.0219. The second kappa shape index (κ2) is 10.4. The van der Waals surface area contributed by atoms with Crippen LogP contribution in [-0.4, -0.2) is 54.8 Å². The van der Waals surface area contributed by atoms with E-state index in [1.165, 1.54) is 12.7 Å². The third-order valence-electron chi connectivity index (χ3n) is 6.62. The van der Waals surface area contributed by atoms with Crippen LogP contribution in [0.25, 0.3) is 0 Å². The van der Waals surface area contributed by atoms with Crippen molar-refractivity contribution in [2.24, 2.45) is 11.7 Å². The van der Waals surface area contributed by atoms with Crippen molar-refractivity contribution in [1.29, 1.82) is 0 Å². The number of hydrogen-bond donors (Lipinski definition) is 1. The molecule has 0 radical (unpaired) electrons. The molecule has 1 saturated carbocycles. The second-order valence-electron chi connectivity index (χ2n) is 10.1. The summed E-state index contributed by atoms with van der Waals surface area (Å²) in [5.41, 5.74) is 7.22. The van der Waals surface area contributed by atoms with E-state index in [1.807, 2.05) is 32.9 Å². The van der Waals surface area contributed by atoms with E-state index in [1.54, 1.807) is 9.80 Å². The van der Waals surface area contributed by atoms with E-state index in [0.29, 0.717) is 44.7 Å². The molecule has 0 spiro atoms. The highest BCUT2D eigenvalue weighted by atomic mass is 16.6. The Morgan fingerprint density at radius 2 is 1.55 bits per heavy atom. The summed E-state index contributed by atoms with van der Waals surface area (Å²) in [5.74, 6) is 0.0753. The van der Waals surface area contributed by atoms with Gasteiger partial charge >= 0.3 is 18.1 Å². The van der Waals surface area contributed by atoms with Gasteiger partial charge < -0.3 is 20.1 Å². The van der Waals surface area contributed by atoms with Gasteiger partial charge in [-0.3, -0.25) is 9.69 Å². The van der Waals surface area contributed by atoms with Crippen molar-refractivity contribution in [2.75, 3.05) is 25.1 Å². The van der Waals surface area contributed by atoms with Gasteiger partial charge in [-0.15, -0.1) is 0 Å². The van der Waals surface area contributed by atoms with E-state index in [2.05, 4.69) is 12.1 Å². The van der Waals surface area contributed by atoms with Gasteiger partial charge in [-0.05, 0) is 82.9 Å². The molecule has 8 nitrogen and oxygen atoms in total. The lowest BCUT2D eigenvalue weighted by Crippen LogP contribution is -2.46. The van der Waals surface area contributed by atoms with Gasteiger partial charge in [-0.25, -0.2) is 9.59 Å². The molecule has 2 N–H and O–H groups in total. The number of urea groups is 1. The molecule has 0 atom stereocenters. The normalized spacial score (nSPS) is 21.9. The van der Waals surface area contributed by atoms with Crippen LogP contribution < -0.4 is 10.6 Å². The van der Waals surface area contributed by atoms with Crippen LogP contribution in [0.4, 0.5) is 15.3 Å². The number of nitrogens with zero attached hydrogens (tertiary/aromatic N) is 2. The van der Waals surface area contributed by atoms with Crippen LogP contribution in [0.3, 0.4) is 0 Å². The highest BCUT2D eigenvalue weighted by molar-refractivity contribution is 5.91. The molecule has 1 aliphatic heterocycles. The molecule has 8 heteroatoms. The maximum absolute atomic E-state index is 12.3. The molecule has 2 aliphatic rings. The number of likely N-dealkylation sites (tertiary alicyclic amines) is 1. The maximum Gasteiger partial charge on any atom is 0.410 e. The third kappa shape index (κ3) is 6.39. The number of carbonyl (C=O) groups excluding carboxylic acids is 3. The number of hydrogen-bond acceptors (Lipinski definition) is 5. The fourth-order valence-corrected chi connectivity index (χ4v) is 4.88. The Kier molecular flexibility index (Phi) is 7.87. The maximum atomic E-state index is 12.3. The van der Waals surface area contributed by atoms with Gasteiger partial charge in [-0.1, -0.05) is 12.1 Å². The zero-order valence-corrected chi connectivity index (χ0v) is 20.2. The van der Waals surface area contributed by atoms with E-state index >= 15 is 0 Å². The first-order valence-electron chi connectivity index (χ1n) is 11.8. The number of carbonyl (C=O) groups is 3.